The molecule has 1 aliphatic carbocycles. The molecular formula is C16H17N3O2. The Morgan fingerprint density at radius 2 is 2.10 bits per heavy atom. The molecule has 5 heteroatoms. The van der Waals surface area contributed by atoms with Crippen LogP contribution in [-0.4, -0.2) is 30.9 Å². The predicted molar refractivity (Wildman–Crippen MR) is 84.0 cm³/mol. The fourth-order valence-corrected chi connectivity index (χ4v) is 1.92. The lowest BCUT2D eigenvalue weighted by Gasteiger charge is -2.12. The number of fused-ring (bicyclic) bond motifs is 1. The second kappa shape index (κ2) is 7.31. The Labute approximate surface area is 123 Å². The topological polar surface area (TPSA) is 70.6 Å². The van der Waals surface area contributed by atoms with Gasteiger partial charge in [0.1, 0.15) is 0 Å². The van der Waals surface area contributed by atoms with Crippen molar-refractivity contribution >= 4 is 29.2 Å². The van der Waals surface area contributed by atoms with Crippen molar-refractivity contribution in [3.8, 4) is 0 Å². The monoisotopic (exact) mass is 283 g/mol. The minimum absolute atomic E-state index is 0.0437. The SMILES string of the molecule is C1=CNc2ccccc2N=C1.CNC1C=CC(=O)CC1=O. The molecule has 0 saturated heterocycles. The van der Waals surface area contributed by atoms with Gasteiger partial charge in [0.2, 0.25) is 0 Å². The molecule has 1 unspecified atom stereocenters. The summed E-state index contributed by atoms with van der Waals surface area (Å²) in [7, 11) is 1.70. The van der Waals surface area contributed by atoms with E-state index in [4.69, 9.17) is 0 Å². The van der Waals surface area contributed by atoms with E-state index in [1.165, 1.54) is 6.08 Å². The number of hydrogen-bond acceptors (Lipinski definition) is 5. The minimum Gasteiger partial charge on any atom is -0.360 e. The van der Waals surface area contributed by atoms with Crippen LogP contribution < -0.4 is 10.6 Å². The summed E-state index contributed by atoms with van der Waals surface area (Å²) in [6.45, 7) is 0. The van der Waals surface area contributed by atoms with Crippen LogP contribution in [0.3, 0.4) is 0 Å². The molecule has 0 aromatic heterocycles. The van der Waals surface area contributed by atoms with Gasteiger partial charge in [-0.15, -0.1) is 0 Å². The van der Waals surface area contributed by atoms with Crippen molar-refractivity contribution in [3.63, 3.8) is 0 Å². The second-order valence-corrected chi connectivity index (χ2v) is 4.53. The lowest BCUT2D eigenvalue weighted by atomic mass is 10.0. The molecule has 0 bridgehead atoms. The molecule has 0 saturated carbocycles. The predicted octanol–water partition coefficient (Wildman–Crippen LogP) is 2.00. The third-order valence-electron chi connectivity index (χ3n) is 3.02. The third-order valence-corrected chi connectivity index (χ3v) is 3.02. The minimum atomic E-state index is -0.252. The number of rotatable bonds is 1. The van der Waals surface area contributed by atoms with Crippen molar-refractivity contribution in [2.45, 2.75) is 12.5 Å². The number of para-hydroxylation sites is 2. The van der Waals surface area contributed by atoms with E-state index < -0.39 is 0 Å². The Balaban J connectivity index is 0.000000155. The van der Waals surface area contributed by atoms with Gasteiger partial charge in [-0.3, -0.25) is 14.6 Å². The number of carbonyl (C=O) groups is 2. The normalized spacial score (nSPS) is 19.2. The zero-order valence-electron chi connectivity index (χ0n) is 11.7. The maximum absolute atomic E-state index is 10.9. The molecule has 0 spiro atoms. The van der Waals surface area contributed by atoms with Crippen molar-refractivity contribution in [1.29, 1.82) is 0 Å². The number of nitrogens with zero attached hydrogens (tertiary/aromatic N) is 1. The Kier molecular flexibility index (Phi) is 5.17. The lowest BCUT2D eigenvalue weighted by molar-refractivity contribution is -0.126. The molecule has 5 nitrogen and oxygen atoms in total. The lowest BCUT2D eigenvalue weighted by Crippen LogP contribution is -2.35. The number of nitrogens with one attached hydrogen (secondary N) is 2. The summed E-state index contributed by atoms with van der Waals surface area (Å²) in [5, 5.41) is 5.91. The highest BCUT2D eigenvalue weighted by Gasteiger charge is 2.19. The third kappa shape index (κ3) is 4.22. The highest BCUT2D eigenvalue weighted by molar-refractivity contribution is 6.09. The molecule has 108 valence electrons. The van der Waals surface area contributed by atoms with Gasteiger partial charge in [0.25, 0.3) is 0 Å². The molecule has 1 atom stereocenters. The zero-order chi connectivity index (χ0) is 15.1. The Morgan fingerprint density at radius 1 is 1.29 bits per heavy atom. The number of ketones is 2. The standard InChI is InChI=1S/C9H8N2.C7H9NO2/c1-2-5-9-8(4-1)10-6-3-7-11-9;1-8-6-3-2-5(9)4-7(6)10/h1-7,10H;2-3,6,8H,4H2,1H3. The van der Waals surface area contributed by atoms with Crippen LogP contribution in [0.15, 0.2) is 53.7 Å². The second-order valence-electron chi connectivity index (χ2n) is 4.53. The van der Waals surface area contributed by atoms with Crippen LogP contribution in [0, 0.1) is 0 Å². The molecule has 0 radical (unpaired) electrons. The fourth-order valence-electron chi connectivity index (χ4n) is 1.92. The van der Waals surface area contributed by atoms with Crippen LogP contribution in [0.5, 0.6) is 0 Å². The van der Waals surface area contributed by atoms with E-state index >= 15 is 0 Å². The number of likely N-dealkylation sites (N-methyl/N-ethyl adjacent to an activating group) is 1. The molecule has 3 rings (SSSR count). The average molecular weight is 283 g/mol. The number of allylic oxidation sites excluding steroid dienone is 2. The molecule has 0 amide bonds. The molecule has 2 aliphatic rings. The molecule has 21 heavy (non-hydrogen) atoms. The Bertz CT molecular complexity index is 618. The average Bonchev–Trinajstić information content (AvgIpc) is 2.73. The van der Waals surface area contributed by atoms with E-state index in [2.05, 4.69) is 15.6 Å². The van der Waals surface area contributed by atoms with E-state index in [1.807, 2.05) is 36.5 Å². The summed E-state index contributed by atoms with van der Waals surface area (Å²) >= 11 is 0. The van der Waals surface area contributed by atoms with E-state index in [0.717, 1.165) is 11.4 Å². The highest BCUT2D eigenvalue weighted by atomic mass is 16.1. The number of hydrogen-bond donors (Lipinski definition) is 2. The van der Waals surface area contributed by atoms with Gasteiger partial charge >= 0.3 is 0 Å². The van der Waals surface area contributed by atoms with Gasteiger partial charge in [-0.2, -0.15) is 0 Å². The quantitative estimate of drug-likeness (QED) is 0.773. The molecular weight excluding hydrogens is 266 g/mol. The van der Waals surface area contributed by atoms with Gasteiger partial charge in [0.05, 0.1) is 23.8 Å². The van der Waals surface area contributed by atoms with E-state index in [-0.39, 0.29) is 24.0 Å². The molecule has 1 aromatic carbocycles. The molecule has 1 heterocycles. The molecule has 2 N–H and O–H groups in total. The van der Waals surface area contributed by atoms with Crippen LogP contribution in [0.2, 0.25) is 0 Å². The van der Waals surface area contributed by atoms with Gasteiger partial charge in [-0.1, -0.05) is 18.2 Å². The maximum atomic E-state index is 10.9. The van der Waals surface area contributed by atoms with Gasteiger partial charge in [-0.25, -0.2) is 0 Å². The zero-order valence-corrected chi connectivity index (χ0v) is 11.7. The summed E-state index contributed by atoms with van der Waals surface area (Å²) in [6.07, 6.45) is 8.60. The first-order valence-corrected chi connectivity index (χ1v) is 6.66. The van der Waals surface area contributed by atoms with Crippen LogP contribution in [0.25, 0.3) is 0 Å². The van der Waals surface area contributed by atoms with Crippen LogP contribution >= 0.6 is 0 Å². The molecule has 0 fully saturated rings. The van der Waals surface area contributed by atoms with Crippen molar-refractivity contribution in [2.24, 2.45) is 4.99 Å². The van der Waals surface area contributed by atoms with Crippen molar-refractivity contribution in [1.82, 2.24) is 5.32 Å². The smallest absolute Gasteiger partial charge is 0.162 e. The Hall–Kier alpha value is -2.53. The van der Waals surface area contributed by atoms with Crippen molar-refractivity contribution < 1.29 is 9.59 Å². The maximum Gasteiger partial charge on any atom is 0.162 e. The highest BCUT2D eigenvalue weighted by Crippen LogP contribution is 2.24. The van der Waals surface area contributed by atoms with Crippen LogP contribution in [0.4, 0.5) is 11.4 Å². The van der Waals surface area contributed by atoms with Crippen molar-refractivity contribution in [2.75, 3.05) is 12.4 Å². The summed E-state index contributed by atoms with van der Waals surface area (Å²) in [6, 6.07) is 7.69. The first-order valence-electron chi connectivity index (χ1n) is 6.66. The number of carbonyl (C=O) groups excluding carboxylic acids is 2. The van der Waals surface area contributed by atoms with Gasteiger partial charge in [-0.05, 0) is 31.3 Å². The number of Topliss-reactive ketones (excluding diaryl/α,β-unsaturated/α-hetero) is 1. The van der Waals surface area contributed by atoms with Crippen LogP contribution in [-0.2, 0) is 9.59 Å². The first kappa shape index (κ1) is 14.9. The summed E-state index contributed by atoms with van der Waals surface area (Å²) in [4.78, 5) is 25.7. The molecule has 1 aliphatic heterocycles. The van der Waals surface area contributed by atoms with E-state index in [1.54, 1.807) is 19.3 Å². The fraction of sp³-hybridized carbons (Fsp3) is 0.188. The summed E-state index contributed by atoms with van der Waals surface area (Å²) in [5.74, 6) is -0.147. The summed E-state index contributed by atoms with van der Waals surface area (Å²) < 4.78 is 0. The summed E-state index contributed by atoms with van der Waals surface area (Å²) in [5.41, 5.74) is 2.04. The number of aliphatic imine (C=N–C) groups is 1. The van der Waals surface area contributed by atoms with Crippen molar-refractivity contribution in [3.05, 3.63) is 48.7 Å². The largest absolute Gasteiger partial charge is 0.360 e. The van der Waals surface area contributed by atoms with Gasteiger partial charge < -0.3 is 10.6 Å². The van der Waals surface area contributed by atoms with Gasteiger partial charge in [0.15, 0.2) is 11.6 Å². The van der Waals surface area contributed by atoms with Gasteiger partial charge in [0, 0.05) is 12.4 Å². The van der Waals surface area contributed by atoms with E-state index in [0.29, 0.717) is 0 Å². The van der Waals surface area contributed by atoms with Crippen LogP contribution in [0.1, 0.15) is 6.42 Å². The molecule has 1 aromatic rings. The van der Waals surface area contributed by atoms with E-state index in [9.17, 15) is 9.59 Å². The Morgan fingerprint density at radius 3 is 2.86 bits per heavy atom. The first-order chi connectivity index (χ1) is 10.2. The number of benzene rings is 1. The number of anilines is 1.